The lowest BCUT2D eigenvalue weighted by Gasteiger charge is -2.42. The Labute approximate surface area is 170 Å². The van der Waals surface area contributed by atoms with Crippen LogP contribution in [-0.4, -0.2) is 31.8 Å². The first-order valence-electron chi connectivity index (χ1n) is 7.91. The van der Waals surface area contributed by atoms with E-state index in [4.69, 9.17) is 23.8 Å². The molecule has 1 aromatic heterocycles. The Morgan fingerprint density at radius 3 is 2.62 bits per heavy atom. The second kappa shape index (κ2) is 7.68. The minimum Gasteiger partial charge on any atom is -0.339 e. The van der Waals surface area contributed by atoms with Crippen molar-refractivity contribution in [3.05, 3.63) is 57.2 Å². The third-order valence-electron chi connectivity index (χ3n) is 4.05. The highest BCUT2D eigenvalue weighted by atomic mass is 35.5. The summed E-state index contributed by atoms with van der Waals surface area (Å²) in [5.74, 6) is -0.493. The zero-order valence-electron chi connectivity index (χ0n) is 14.2. The van der Waals surface area contributed by atoms with Gasteiger partial charge in [0.25, 0.3) is 11.8 Å². The Morgan fingerprint density at radius 1 is 1.31 bits per heavy atom. The summed E-state index contributed by atoms with van der Waals surface area (Å²) in [5, 5.41) is 5.39. The van der Waals surface area contributed by atoms with Gasteiger partial charge in [-0.05, 0) is 49.6 Å². The number of thioether (sulfide) groups is 1. The van der Waals surface area contributed by atoms with Crippen LogP contribution in [0.5, 0.6) is 0 Å². The molecule has 136 valence electrons. The Kier molecular flexibility index (Phi) is 5.72. The molecule has 0 radical (unpaired) electrons. The Bertz CT molecular complexity index is 835. The van der Waals surface area contributed by atoms with Crippen LogP contribution in [0.3, 0.4) is 0 Å². The second-order valence-corrected chi connectivity index (χ2v) is 10.1. The number of rotatable bonds is 4. The van der Waals surface area contributed by atoms with Crippen LogP contribution in [0.2, 0.25) is 5.02 Å². The Hall–Kier alpha value is -1.41. The van der Waals surface area contributed by atoms with Crippen molar-refractivity contribution in [2.75, 3.05) is 0 Å². The molecule has 1 saturated heterocycles. The highest BCUT2D eigenvalue weighted by Gasteiger charge is 2.46. The van der Waals surface area contributed by atoms with E-state index < -0.39 is 10.8 Å². The van der Waals surface area contributed by atoms with Crippen LogP contribution in [0.4, 0.5) is 0 Å². The largest absolute Gasteiger partial charge is 0.339 e. The van der Waals surface area contributed by atoms with Gasteiger partial charge in [-0.3, -0.25) is 14.5 Å². The van der Waals surface area contributed by atoms with Crippen LogP contribution in [-0.2, 0) is 11.3 Å². The molecule has 1 fully saturated rings. The molecule has 1 N–H and O–H groups in total. The number of carbonyl (C=O) groups is 2. The molecule has 26 heavy (non-hydrogen) atoms. The highest BCUT2D eigenvalue weighted by molar-refractivity contribution is 8.24. The molecule has 2 heterocycles. The van der Waals surface area contributed by atoms with E-state index in [9.17, 15) is 9.59 Å². The van der Waals surface area contributed by atoms with Gasteiger partial charge in [-0.25, -0.2) is 0 Å². The van der Waals surface area contributed by atoms with Crippen LogP contribution in [0.25, 0.3) is 0 Å². The molecule has 1 atom stereocenters. The van der Waals surface area contributed by atoms with Crippen LogP contribution >= 0.6 is 46.9 Å². The summed E-state index contributed by atoms with van der Waals surface area (Å²) >= 11 is 14.3. The van der Waals surface area contributed by atoms with E-state index in [1.165, 1.54) is 11.8 Å². The summed E-state index contributed by atoms with van der Waals surface area (Å²) in [6.45, 7) is 4.25. The molecule has 0 bridgehead atoms. The molecule has 1 aromatic carbocycles. The summed E-state index contributed by atoms with van der Waals surface area (Å²) in [6, 6.07) is 9.80. The van der Waals surface area contributed by atoms with Crippen molar-refractivity contribution in [2.24, 2.45) is 0 Å². The number of benzene rings is 1. The molecule has 0 saturated carbocycles. The smallest absolute Gasteiger partial charge is 0.252 e. The molecule has 2 amide bonds. The molecule has 4 nitrogen and oxygen atoms in total. The van der Waals surface area contributed by atoms with Crippen LogP contribution in [0.15, 0.2) is 41.8 Å². The molecular weight excluding hydrogens is 408 g/mol. The van der Waals surface area contributed by atoms with Gasteiger partial charge in [0, 0.05) is 20.2 Å². The number of hydrogen-bond donors (Lipinski definition) is 1. The topological polar surface area (TPSA) is 49.4 Å². The first-order valence-corrected chi connectivity index (χ1v) is 10.4. The molecular formula is C18H17ClN2O2S3. The zero-order chi connectivity index (χ0) is 18.9. The van der Waals surface area contributed by atoms with Gasteiger partial charge >= 0.3 is 0 Å². The third kappa shape index (κ3) is 4.11. The van der Waals surface area contributed by atoms with Crippen molar-refractivity contribution < 1.29 is 9.59 Å². The van der Waals surface area contributed by atoms with Gasteiger partial charge in [0.05, 0.1) is 6.54 Å². The molecule has 1 aliphatic rings. The first kappa shape index (κ1) is 19.4. The lowest BCUT2D eigenvalue weighted by Crippen LogP contribution is -2.61. The second-order valence-electron chi connectivity index (χ2n) is 6.39. The number of halogens is 1. The van der Waals surface area contributed by atoms with E-state index in [1.807, 2.05) is 31.4 Å². The maximum Gasteiger partial charge on any atom is 0.252 e. The quantitative estimate of drug-likeness (QED) is 0.742. The van der Waals surface area contributed by atoms with Gasteiger partial charge in [0.15, 0.2) is 0 Å². The van der Waals surface area contributed by atoms with Crippen molar-refractivity contribution >= 4 is 63.1 Å². The van der Waals surface area contributed by atoms with Gasteiger partial charge in [-0.2, -0.15) is 0 Å². The van der Waals surface area contributed by atoms with Crippen LogP contribution < -0.4 is 5.32 Å². The first-order chi connectivity index (χ1) is 12.3. The van der Waals surface area contributed by atoms with E-state index in [2.05, 4.69) is 5.32 Å². The number of amides is 2. The molecule has 2 aromatic rings. The Balaban J connectivity index is 1.81. The van der Waals surface area contributed by atoms with Gasteiger partial charge in [0.2, 0.25) is 0 Å². The highest BCUT2D eigenvalue weighted by Crippen LogP contribution is 2.37. The lowest BCUT2D eigenvalue weighted by molar-refractivity contribution is -0.130. The van der Waals surface area contributed by atoms with E-state index in [1.54, 1.807) is 40.5 Å². The maximum atomic E-state index is 13.1. The number of hydrogen-bond acceptors (Lipinski definition) is 5. The van der Waals surface area contributed by atoms with Crippen molar-refractivity contribution in [1.29, 1.82) is 0 Å². The van der Waals surface area contributed by atoms with Crippen LogP contribution in [0.1, 0.15) is 29.1 Å². The zero-order valence-corrected chi connectivity index (χ0v) is 17.4. The number of thiophene rings is 1. The molecule has 1 aliphatic heterocycles. The molecule has 0 aliphatic carbocycles. The SMILES string of the molecule is CC1(C)SC(=S)N(Cc2cccs2)C(=O)C1NC(=O)c1ccc(Cl)cc1. The summed E-state index contributed by atoms with van der Waals surface area (Å²) < 4.78 is -0.00671. The normalized spacial score (nSPS) is 19.5. The van der Waals surface area contributed by atoms with Crippen molar-refractivity contribution in [1.82, 2.24) is 10.2 Å². The number of thiocarbonyl (C=S) groups is 1. The lowest BCUT2D eigenvalue weighted by atomic mass is 10.0. The van der Waals surface area contributed by atoms with Crippen LogP contribution in [0, 0.1) is 0 Å². The minimum atomic E-state index is -0.678. The predicted octanol–water partition coefficient (Wildman–Crippen LogP) is 4.34. The van der Waals surface area contributed by atoms with E-state index in [0.29, 0.717) is 21.5 Å². The van der Waals surface area contributed by atoms with Crippen molar-refractivity contribution in [2.45, 2.75) is 31.2 Å². The van der Waals surface area contributed by atoms with Crippen molar-refractivity contribution in [3.63, 3.8) is 0 Å². The van der Waals surface area contributed by atoms with Crippen molar-refractivity contribution in [3.8, 4) is 0 Å². The fourth-order valence-electron chi connectivity index (χ4n) is 2.63. The third-order valence-corrected chi connectivity index (χ3v) is 6.80. The van der Waals surface area contributed by atoms with E-state index in [0.717, 1.165) is 4.88 Å². The molecule has 1 unspecified atom stereocenters. The van der Waals surface area contributed by atoms with Gasteiger partial charge in [-0.15, -0.1) is 11.3 Å². The monoisotopic (exact) mass is 424 g/mol. The molecule has 3 rings (SSSR count). The van der Waals surface area contributed by atoms with Gasteiger partial charge < -0.3 is 5.32 Å². The fourth-order valence-corrected chi connectivity index (χ4v) is 5.24. The summed E-state index contributed by atoms with van der Waals surface area (Å²) in [5.41, 5.74) is 0.459. The fraction of sp³-hybridized carbons (Fsp3) is 0.278. The van der Waals surface area contributed by atoms with Gasteiger partial charge in [-0.1, -0.05) is 41.6 Å². The van der Waals surface area contributed by atoms with E-state index in [-0.39, 0.29) is 11.8 Å². The molecule has 0 spiro atoms. The Morgan fingerprint density at radius 2 is 2.00 bits per heavy atom. The molecule has 8 heteroatoms. The van der Waals surface area contributed by atoms with Gasteiger partial charge in [0.1, 0.15) is 10.4 Å². The van der Waals surface area contributed by atoms with E-state index >= 15 is 0 Å². The average molecular weight is 425 g/mol. The summed E-state index contributed by atoms with van der Waals surface area (Å²) in [7, 11) is 0. The maximum absolute atomic E-state index is 13.1. The predicted molar refractivity (Wildman–Crippen MR) is 112 cm³/mol. The standard InChI is InChI=1S/C18H17ClN2O2S3/c1-18(2)14(20-15(22)11-5-7-12(19)8-6-11)16(23)21(17(24)26-18)10-13-4-3-9-25-13/h3-9,14H,10H2,1-2H3,(H,20,22). The average Bonchev–Trinajstić information content (AvgIpc) is 3.09. The number of nitrogens with one attached hydrogen (secondary N) is 1. The summed E-state index contributed by atoms with van der Waals surface area (Å²) in [6.07, 6.45) is 0. The number of nitrogens with zero attached hydrogens (tertiary/aromatic N) is 1. The minimum absolute atomic E-state index is 0.186. The summed E-state index contributed by atoms with van der Waals surface area (Å²) in [4.78, 5) is 28.3. The number of carbonyl (C=O) groups excluding carboxylic acids is 2.